The second-order valence-corrected chi connectivity index (χ2v) is 6.78. The molecule has 8 nitrogen and oxygen atoms in total. The fraction of sp³-hybridized carbons (Fsp3) is 0.304. The summed E-state index contributed by atoms with van der Waals surface area (Å²) in [6, 6.07) is 12.0. The summed E-state index contributed by atoms with van der Waals surface area (Å²) >= 11 is 0. The molecule has 0 radical (unpaired) electrons. The molecule has 31 heavy (non-hydrogen) atoms. The second kappa shape index (κ2) is 10.5. The van der Waals surface area contributed by atoms with Crippen molar-refractivity contribution in [3.63, 3.8) is 0 Å². The Labute approximate surface area is 182 Å². The number of hydrogen-bond acceptors (Lipinski definition) is 7. The van der Waals surface area contributed by atoms with E-state index in [0.29, 0.717) is 12.2 Å². The summed E-state index contributed by atoms with van der Waals surface area (Å²) in [5.41, 5.74) is 1.73. The Balaban J connectivity index is 0.00000166. The lowest BCUT2D eigenvalue weighted by molar-refractivity contribution is -0.124. The highest BCUT2D eigenvalue weighted by Gasteiger charge is 2.38. The Kier molecular flexibility index (Phi) is 8.04. The minimum Gasteiger partial charge on any atom is -0.505 e. The van der Waals surface area contributed by atoms with E-state index >= 15 is 0 Å². The molecule has 0 heterocycles. The fourth-order valence-corrected chi connectivity index (χ4v) is 2.91. The van der Waals surface area contributed by atoms with Crippen LogP contribution >= 0.6 is 0 Å². The number of phenols is 1. The van der Waals surface area contributed by atoms with E-state index < -0.39 is 11.9 Å². The highest BCUT2D eigenvalue weighted by Crippen LogP contribution is 2.32. The van der Waals surface area contributed by atoms with Crippen molar-refractivity contribution in [2.24, 2.45) is 0 Å². The van der Waals surface area contributed by atoms with E-state index in [9.17, 15) is 19.8 Å². The Morgan fingerprint density at radius 2 is 1.77 bits per heavy atom. The van der Waals surface area contributed by atoms with Gasteiger partial charge in [0.15, 0.2) is 11.9 Å². The number of para-hydroxylation sites is 1. The lowest BCUT2D eigenvalue weighted by Gasteiger charge is -2.30. The van der Waals surface area contributed by atoms with E-state index in [1.54, 1.807) is 33.3 Å². The molecule has 1 atom stereocenters. The van der Waals surface area contributed by atoms with E-state index in [4.69, 9.17) is 4.74 Å². The molecule has 2 aromatic carbocycles. The van der Waals surface area contributed by atoms with Crippen LogP contribution < -0.4 is 15.4 Å². The van der Waals surface area contributed by atoms with E-state index in [1.165, 1.54) is 11.0 Å². The van der Waals surface area contributed by atoms with E-state index in [0.717, 1.165) is 11.3 Å². The molecule has 166 valence electrons. The first-order valence-corrected chi connectivity index (χ1v) is 9.97. The van der Waals surface area contributed by atoms with Crippen molar-refractivity contribution in [2.45, 2.75) is 26.5 Å². The topological polar surface area (TPSA) is 111 Å². The molecule has 1 unspecified atom stereocenters. The number of anilines is 1. The molecule has 8 heteroatoms. The highest BCUT2D eigenvalue weighted by atomic mass is 16.5. The number of carbonyl (C=O) groups is 2. The summed E-state index contributed by atoms with van der Waals surface area (Å²) in [5, 5.41) is 26.3. The molecule has 0 aromatic heterocycles. The van der Waals surface area contributed by atoms with Crippen LogP contribution in [0.15, 0.2) is 53.9 Å². The van der Waals surface area contributed by atoms with Crippen molar-refractivity contribution in [1.29, 1.82) is 0 Å². The molecule has 1 amide bonds. The molecule has 0 saturated heterocycles. The predicted molar refractivity (Wildman–Crippen MR) is 119 cm³/mol. The molecular weight excluding hydrogens is 398 g/mol. The molecule has 0 aliphatic heterocycles. The maximum Gasteiger partial charge on any atom is 0.257 e. The minimum absolute atomic E-state index is 0.112. The molecule has 0 saturated carbocycles. The number of hydrogen-bond donors (Lipinski definition) is 4. The maximum absolute atomic E-state index is 12.2. The third-order valence-electron chi connectivity index (χ3n) is 4.61. The monoisotopic (exact) mass is 427 g/mol. The molecule has 1 aliphatic carbocycles. The second-order valence-electron chi connectivity index (χ2n) is 6.78. The van der Waals surface area contributed by atoms with Gasteiger partial charge in [0.1, 0.15) is 11.4 Å². The Morgan fingerprint density at radius 1 is 1.13 bits per heavy atom. The average Bonchev–Trinajstić information content (AvgIpc) is 2.80. The molecular formula is C23H29N3O5. The van der Waals surface area contributed by atoms with Crippen molar-refractivity contribution in [3.05, 3.63) is 65.0 Å². The van der Waals surface area contributed by atoms with Crippen LogP contribution in [0.2, 0.25) is 0 Å². The SMILES string of the molecule is CC.COc1ccc(CNC2=C(Nc3cccc(C(=O)N(C)C)c3O)C(=O)C2O)cc1. The molecule has 4 N–H and O–H groups in total. The van der Waals surface area contributed by atoms with Gasteiger partial charge in [0.05, 0.1) is 24.1 Å². The van der Waals surface area contributed by atoms with Gasteiger partial charge >= 0.3 is 0 Å². The van der Waals surface area contributed by atoms with Crippen LogP contribution in [-0.2, 0) is 11.3 Å². The van der Waals surface area contributed by atoms with Crippen molar-refractivity contribution in [2.75, 3.05) is 26.5 Å². The summed E-state index contributed by atoms with van der Waals surface area (Å²) in [5.74, 6) is -0.386. The van der Waals surface area contributed by atoms with Crippen LogP contribution in [0.1, 0.15) is 29.8 Å². The first-order valence-electron chi connectivity index (χ1n) is 9.97. The van der Waals surface area contributed by atoms with Crippen LogP contribution in [0.3, 0.4) is 0 Å². The van der Waals surface area contributed by atoms with Crippen LogP contribution in [0.5, 0.6) is 11.5 Å². The number of phenolic OH excluding ortho intramolecular Hbond substituents is 1. The van der Waals surface area contributed by atoms with Crippen molar-refractivity contribution in [3.8, 4) is 11.5 Å². The minimum atomic E-state index is -1.26. The van der Waals surface area contributed by atoms with Gasteiger partial charge in [-0.25, -0.2) is 0 Å². The van der Waals surface area contributed by atoms with Gasteiger partial charge in [0.2, 0.25) is 5.78 Å². The van der Waals surface area contributed by atoms with Gasteiger partial charge in [0.25, 0.3) is 5.91 Å². The summed E-state index contributed by atoms with van der Waals surface area (Å²) in [6.45, 7) is 4.39. The highest BCUT2D eigenvalue weighted by molar-refractivity contribution is 6.11. The molecule has 0 spiro atoms. The predicted octanol–water partition coefficient (Wildman–Crippen LogP) is 2.49. The van der Waals surface area contributed by atoms with Gasteiger partial charge < -0.3 is 30.5 Å². The number of nitrogens with zero attached hydrogens (tertiary/aromatic N) is 1. The fourth-order valence-electron chi connectivity index (χ4n) is 2.91. The number of ketones is 1. The van der Waals surface area contributed by atoms with Gasteiger partial charge in [-0.15, -0.1) is 0 Å². The van der Waals surface area contributed by atoms with Crippen molar-refractivity contribution >= 4 is 17.4 Å². The molecule has 1 aliphatic rings. The standard InChI is InChI=1S/C21H23N3O5.C2H6/c1-24(2)21(28)14-5-4-6-15(18(14)25)23-17-16(19(26)20(17)27)22-11-12-7-9-13(29-3)10-8-12;1-2/h4-10,19,22-23,25-26H,11H2,1-3H3;1-2H3. The third kappa shape index (κ3) is 5.16. The number of aliphatic hydroxyl groups is 1. The lowest BCUT2D eigenvalue weighted by Crippen LogP contribution is -2.45. The van der Waals surface area contributed by atoms with Gasteiger partial charge in [-0.1, -0.05) is 32.0 Å². The van der Waals surface area contributed by atoms with Gasteiger partial charge in [0, 0.05) is 20.6 Å². The third-order valence-corrected chi connectivity index (χ3v) is 4.61. The lowest BCUT2D eigenvalue weighted by atomic mass is 9.94. The number of ether oxygens (including phenoxy) is 1. The number of amides is 1. The molecule has 0 fully saturated rings. The number of methoxy groups -OCH3 is 1. The Morgan fingerprint density at radius 3 is 2.35 bits per heavy atom. The van der Waals surface area contributed by atoms with Gasteiger partial charge in [-0.2, -0.15) is 0 Å². The van der Waals surface area contributed by atoms with Crippen molar-refractivity contribution < 1.29 is 24.5 Å². The summed E-state index contributed by atoms with van der Waals surface area (Å²) < 4.78 is 5.12. The normalized spacial score (nSPS) is 14.8. The zero-order valence-corrected chi connectivity index (χ0v) is 18.4. The summed E-state index contributed by atoms with van der Waals surface area (Å²) in [4.78, 5) is 25.6. The maximum atomic E-state index is 12.2. The average molecular weight is 428 g/mol. The number of Topliss-reactive ketones (excluding diaryl/α,β-unsaturated/α-hetero) is 1. The van der Waals surface area contributed by atoms with Crippen LogP contribution in [0.4, 0.5) is 5.69 Å². The zero-order valence-electron chi connectivity index (χ0n) is 18.4. The zero-order chi connectivity index (χ0) is 23.1. The first kappa shape index (κ1) is 23.8. The summed E-state index contributed by atoms with van der Waals surface area (Å²) in [6.07, 6.45) is -1.26. The van der Waals surface area contributed by atoms with Crippen LogP contribution in [0, 0.1) is 0 Å². The number of aliphatic hydroxyl groups excluding tert-OH is 1. The number of benzene rings is 2. The van der Waals surface area contributed by atoms with E-state index in [1.807, 2.05) is 38.1 Å². The first-order chi connectivity index (χ1) is 14.8. The summed E-state index contributed by atoms with van der Waals surface area (Å²) in [7, 11) is 4.75. The van der Waals surface area contributed by atoms with Crippen LogP contribution in [0.25, 0.3) is 0 Å². The quantitative estimate of drug-likeness (QED) is 0.503. The number of aromatic hydroxyl groups is 1. The number of carbonyl (C=O) groups excluding carboxylic acids is 2. The largest absolute Gasteiger partial charge is 0.505 e. The smallest absolute Gasteiger partial charge is 0.257 e. The number of rotatable bonds is 7. The molecule has 2 aromatic rings. The van der Waals surface area contributed by atoms with Crippen LogP contribution in [-0.4, -0.2) is 54.1 Å². The van der Waals surface area contributed by atoms with E-state index in [-0.39, 0.29) is 28.6 Å². The Hall–Kier alpha value is -3.52. The van der Waals surface area contributed by atoms with Gasteiger partial charge in [-0.05, 0) is 29.8 Å². The van der Waals surface area contributed by atoms with E-state index in [2.05, 4.69) is 10.6 Å². The molecule has 0 bridgehead atoms. The number of nitrogens with one attached hydrogen (secondary N) is 2. The van der Waals surface area contributed by atoms with Gasteiger partial charge in [-0.3, -0.25) is 9.59 Å². The van der Waals surface area contributed by atoms with Crippen molar-refractivity contribution in [1.82, 2.24) is 10.2 Å². The Bertz CT molecular complexity index is 968. The molecule has 3 rings (SSSR count).